The van der Waals surface area contributed by atoms with Gasteiger partial charge in [-0.25, -0.2) is 9.97 Å². The number of thioether (sulfide) groups is 1. The van der Waals surface area contributed by atoms with Gasteiger partial charge in [0.15, 0.2) is 5.82 Å². The van der Waals surface area contributed by atoms with Crippen LogP contribution in [0.4, 0.5) is 5.69 Å². The number of pyridine rings is 1. The van der Waals surface area contributed by atoms with E-state index in [1.807, 2.05) is 47.4 Å². The molecule has 0 saturated heterocycles. The molecule has 0 spiro atoms. The summed E-state index contributed by atoms with van der Waals surface area (Å²) in [6, 6.07) is 17.5. The van der Waals surface area contributed by atoms with E-state index < -0.39 is 0 Å². The number of nitrogens with zero attached hydrogens (tertiary/aromatic N) is 4. The van der Waals surface area contributed by atoms with Gasteiger partial charge < -0.3 is 9.47 Å². The molecule has 4 aromatic rings. The second kappa shape index (κ2) is 8.24. The predicted molar refractivity (Wildman–Crippen MR) is 126 cm³/mol. The van der Waals surface area contributed by atoms with Crippen LogP contribution in [0.2, 0.25) is 0 Å². The Kier molecular flexibility index (Phi) is 5.27. The average molecular weight is 443 g/mol. The molecule has 2 aromatic heterocycles. The fourth-order valence-corrected chi connectivity index (χ4v) is 5.04. The summed E-state index contributed by atoms with van der Waals surface area (Å²) in [6.07, 6.45) is 4.23. The van der Waals surface area contributed by atoms with Gasteiger partial charge in [0.25, 0.3) is 0 Å². The lowest BCUT2D eigenvalue weighted by Gasteiger charge is -2.22. The highest BCUT2D eigenvalue weighted by Crippen LogP contribution is 2.33. The normalized spacial score (nSPS) is 15.2. The molecule has 0 fully saturated rings. The number of aromatic nitrogens is 3. The second-order valence-electron chi connectivity index (χ2n) is 7.95. The number of hydrogen-bond acceptors (Lipinski definition) is 5. The fraction of sp³-hybridized carbons (Fsp3) is 0.200. The van der Waals surface area contributed by atoms with Gasteiger partial charge in [-0.15, -0.1) is 0 Å². The van der Waals surface area contributed by atoms with Crippen LogP contribution in [-0.4, -0.2) is 38.0 Å². The molecule has 0 saturated carbocycles. The van der Waals surface area contributed by atoms with Gasteiger partial charge in [0.05, 0.1) is 16.3 Å². The van der Waals surface area contributed by atoms with E-state index in [2.05, 4.69) is 18.0 Å². The zero-order chi connectivity index (χ0) is 22.2. The monoisotopic (exact) mass is 442 g/mol. The van der Waals surface area contributed by atoms with Crippen molar-refractivity contribution in [2.75, 3.05) is 10.7 Å². The minimum absolute atomic E-state index is 0.0411. The van der Waals surface area contributed by atoms with Gasteiger partial charge in [-0.1, -0.05) is 48.2 Å². The summed E-state index contributed by atoms with van der Waals surface area (Å²) >= 11 is 1.36. The van der Waals surface area contributed by atoms with Gasteiger partial charge in [-0.3, -0.25) is 9.59 Å². The largest absolute Gasteiger partial charge is 0.331 e. The van der Waals surface area contributed by atoms with E-state index in [1.54, 1.807) is 30.1 Å². The van der Waals surface area contributed by atoms with Gasteiger partial charge >= 0.3 is 0 Å². The van der Waals surface area contributed by atoms with Crippen molar-refractivity contribution in [2.45, 2.75) is 24.4 Å². The lowest BCUT2D eigenvalue weighted by atomic mass is 10.1. The van der Waals surface area contributed by atoms with E-state index in [4.69, 9.17) is 4.98 Å². The Balaban J connectivity index is 1.43. The molecule has 1 aliphatic heterocycles. The first kappa shape index (κ1) is 20.5. The van der Waals surface area contributed by atoms with Crippen molar-refractivity contribution in [3.05, 3.63) is 83.9 Å². The van der Waals surface area contributed by atoms with E-state index in [1.165, 1.54) is 17.3 Å². The maximum Gasteiger partial charge on any atom is 0.237 e. The minimum atomic E-state index is -0.161. The Hall–Kier alpha value is -3.45. The highest BCUT2D eigenvalue weighted by Gasteiger charge is 2.30. The van der Waals surface area contributed by atoms with Crippen LogP contribution in [0.15, 0.2) is 72.0 Å². The summed E-state index contributed by atoms with van der Waals surface area (Å²) in [7, 11) is 1.80. The van der Waals surface area contributed by atoms with E-state index >= 15 is 0 Å². The van der Waals surface area contributed by atoms with Crippen LogP contribution < -0.4 is 4.90 Å². The number of rotatable bonds is 5. The van der Waals surface area contributed by atoms with E-state index in [0.717, 1.165) is 23.0 Å². The quantitative estimate of drug-likeness (QED) is 0.341. The van der Waals surface area contributed by atoms with Crippen molar-refractivity contribution in [2.24, 2.45) is 7.05 Å². The summed E-state index contributed by atoms with van der Waals surface area (Å²) in [5.74, 6) is 0.502. The van der Waals surface area contributed by atoms with Gasteiger partial charge in [-0.05, 0) is 37.1 Å². The highest BCUT2D eigenvalue weighted by atomic mass is 32.2. The van der Waals surface area contributed by atoms with Crippen LogP contribution in [0.3, 0.4) is 0 Å². The number of amides is 1. The first-order valence-corrected chi connectivity index (χ1v) is 11.5. The van der Waals surface area contributed by atoms with Crippen LogP contribution in [0, 0.1) is 0 Å². The molecule has 1 aliphatic rings. The van der Waals surface area contributed by atoms with Crippen LogP contribution in [0.5, 0.6) is 0 Å². The number of benzene rings is 2. The Morgan fingerprint density at radius 3 is 2.72 bits per heavy atom. The Morgan fingerprint density at radius 2 is 1.91 bits per heavy atom. The molecule has 2 aromatic carbocycles. The average Bonchev–Trinajstić information content (AvgIpc) is 3.38. The molecule has 32 heavy (non-hydrogen) atoms. The number of carbonyl (C=O) groups is 2. The van der Waals surface area contributed by atoms with Crippen LogP contribution >= 0.6 is 11.8 Å². The van der Waals surface area contributed by atoms with Crippen LogP contribution in [0.25, 0.3) is 10.9 Å². The number of aryl methyl sites for hydroxylation is 1. The second-order valence-corrected chi connectivity index (χ2v) is 8.95. The molecule has 0 radical (unpaired) electrons. The summed E-state index contributed by atoms with van der Waals surface area (Å²) in [6.45, 7) is 2.07. The SMILES string of the molecule is C[C@H]1Cc2ccccc2N1C(=O)CSc1cc(C(=O)c2nccn2C)c2ccccc2n1. The molecule has 3 heterocycles. The molecular formula is C25H22N4O2S. The Morgan fingerprint density at radius 1 is 1.12 bits per heavy atom. The number of fused-ring (bicyclic) bond motifs is 2. The van der Waals surface area contributed by atoms with Gasteiger partial charge in [-0.2, -0.15) is 0 Å². The van der Waals surface area contributed by atoms with Crippen molar-refractivity contribution >= 4 is 40.0 Å². The standard InChI is InChI=1S/C25H22N4O2S/c1-16-13-17-7-3-6-10-21(17)29(16)23(30)15-32-22-14-19(18-8-4-5-9-20(18)27-22)24(31)25-26-11-12-28(25)2/h3-12,14,16H,13,15H2,1-2H3/t16-/m0/s1. The van der Waals surface area contributed by atoms with E-state index in [0.29, 0.717) is 16.4 Å². The third-order valence-corrected chi connectivity index (χ3v) is 6.68. The van der Waals surface area contributed by atoms with Gasteiger partial charge in [0.1, 0.15) is 0 Å². The summed E-state index contributed by atoms with van der Waals surface area (Å²) in [5, 5.41) is 1.42. The number of anilines is 1. The molecule has 0 unspecified atom stereocenters. The highest BCUT2D eigenvalue weighted by molar-refractivity contribution is 7.99. The molecule has 7 heteroatoms. The van der Waals surface area contributed by atoms with Gasteiger partial charge in [0.2, 0.25) is 11.7 Å². The summed E-state index contributed by atoms with van der Waals surface area (Å²) < 4.78 is 1.71. The molecule has 160 valence electrons. The maximum absolute atomic E-state index is 13.2. The van der Waals surface area contributed by atoms with Gasteiger partial charge in [0, 0.05) is 42.1 Å². The lowest BCUT2D eigenvalue weighted by Crippen LogP contribution is -2.37. The fourth-order valence-electron chi connectivity index (χ4n) is 4.27. The van der Waals surface area contributed by atoms with E-state index in [9.17, 15) is 9.59 Å². The first-order valence-electron chi connectivity index (χ1n) is 10.5. The Labute approximate surface area is 190 Å². The zero-order valence-corrected chi connectivity index (χ0v) is 18.7. The molecule has 1 atom stereocenters. The predicted octanol–water partition coefficient (Wildman–Crippen LogP) is 4.27. The molecule has 5 rings (SSSR count). The smallest absolute Gasteiger partial charge is 0.237 e. The third kappa shape index (κ3) is 3.58. The van der Waals surface area contributed by atoms with Crippen molar-refractivity contribution in [1.29, 1.82) is 0 Å². The lowest BCUT2D eigenvalue weighted by molar-refractivity contribution is -0.116. The molecule has 0 N–H and O–H groups in total. The van der Waals surface area contributed by atoms with Crippen molar-refractivity contribution in [3.8, 4) is 0 Å². The number of para-hydroxylation sites is 2. The van der Waals surface area contributed by atoms with Crippen molar-refractivity contribution < 1.29 is 9.59 Å². The molecule has 0 aliphatic carbocycles. The van der Waals surface area contributed by atoms with Crippen molar-refractivity contribution in [1.82, 2.24) is 14.5 Å². The summed E-state index contributed by atoms with van der Waals surface area (Å²) in [4.78, 5) is 37.1. The number of hydrogen-bond donors (Lipinski definition) is 0. The Bertz CT molecular complexity index is 1350. The molecule has 0 bridgehead atoms. The zero-order valence-electron chi connectivity index (χ0n) is 17.9. The summed E-state index contributed by atoms with van der Waals surface area (Å²) in [5.41, 5.74) is 3.45. The maximum atomic E-state index is 13.2. The number of carbonyl (C=O) groups excluding carboxylic acids is 2. The molecule has 1 amide bonds. The topological polar surface area (TPSA) is 68.1 Å². The molecule has 6 nitrogen and oxygen atoms in total. The van der Waals surface area contributed by atoms with Crippen molar-refractivity contribution in [3.63, 3.8) is 0 Å². The molecular weight excluding hydrogens is 420 g/mol. The minimum Gasteiger partial charge on any atom is -0.331 e. The third-order valence-electron chi connectivity index (χ3n) is 5.78. The van der Waals surface area contributed by atoms with Crippen LogP contribution in [0.1, 0.15) is 28.7 Å². The first-order chi connectivity index (χ1) is 15.5. The number of ketones is 1. The van der Waals surface area contributed by atoms with Crippen LogP contribution in [-0.2, 0) is 18.3 Å². The van der Waals surface area contributed by atoms with E-state index in [-0.39, 0.29) is 23.5 Å². The number of imidazole rings is 1.